The van der Waals surface area contributed by atoms with Crippen molar-refractivity contribution in [3.63, 3.8) is 0 Å². The predicted molar refractivity (Wildman–Crippen MR) is 102 cm³/mol. The number of halogens is 1. The molecule has 0 saturated carbocycles. The van der Waals surface area contributed by atoms with E-state index in [1.165, 1.54) is 4.90 Å². The first kappa shape index (κ1) is 17.4. The van der Waals surface area contributed by atoms with Crippen LogP contribution >= 0.6 is 11.6 Å². The van der Waals surface area contributed by atoms with Crippen LogP contribution in [-0.4, -0.2) is 26.9 Å². The van der Waals surface area contributed by atoms with E-state index in [1.807, 2.05) is 30.3 Å². The standard InChI is InChI=1S/C21H16ClN3O2/c1-13-11-17(19(22)24-23-13)18(12-14-7-3-2-4-8-14)25-20(26)15-9-5-6-10-16(15)21(25)27/h2-11,18H,12H2,1H3. The van der Waals surface area contributed by atoms with E-state index in [0.717, 1.165) is 5.56 Å². The lowest BCUT2D eigenvalue weighted by molar-refractivity contribution is 0.0581. The average Bonchev–Trinajstić information content (AvgIpc) is 2.94. The van der Waals surface area contributed by atoms with Gasteiger partial charge in [-0.3, -0.25) is 14.5 Å². The Morgan fingerprint density at radius 1 is 0.926 bits per heavy atom. The van der Waals surface area contributed by atoms with E-state index >= 15 is 0 Å². The van der Waals surface area contributed by atoms with E-state index in [4.69, 9.17) is 11.6 Å². The van der Waals surface area contributed by atoms with Crippen LogP contribution in [0.1, 0.15) is 43.6 Å². The Labute approximate surface area is 161 Å². The molecule has 1 aliphatic heterocycles. The number of amides is 2. The molecular weight excluding hydrogens is 362 g/mol. The van der Waals surface area contributed by atoms with Gasteiger partial charge in [-0.1, -0.05) is 54.1 Å². The Hall–Kier alpha value is -3.05. The molecule has 134 valence electrons. The summed E-state index contributed by atoms with van der Waals surface area (Å²) in [7, 11) is 0. The molecule has 0 aliphatic carbocycles. The third-order valence-corrected chi connectivity index (χ3v) is 4.96. The third-order valence-electron chi connectivity index (χ3n) is 4.67. The molecule has 1 atom stereocenters. The number of rotatable bonds is 4. The minimum atomic E-state index is -0.568. The van der Waals surface area contributed by atoms with Crippen molar-refractivity contribution in [1.82, 2.24) is 15.1 Å². The molecule has 27 heavy (non-hydrogen) atoms. The monoisotopic (exact) mass is 377 g/mol. The fourth-order valence-corrected chi connectivity index (χ4v) is 3.61. The number of nitrogens with zero attached hydrogens (tertiary/aromatic N) is 3. The first-order chi connectivity index (χ1) is 13.1. The highest BCUT2D eigenvalue weighted by Crippen LogP contribution is 2.35. The summed E-state index contributed by atoms with van der Waals surface area (Å²) in [4.78, 5) is 27.4. The van der Waals surface area contributed by atoms with Crippen LogP contribution in [0.2, 0.25) is 5.15 Å². The molecule has 1 aliphatic rings. The van der Waals surface area contributed by atoms with Crippen molar-refractivity contribution in [2.24, 2.45) is 0 Å². The highest BCUT2D eigenvalue weighted by molar-refractivity contribution is 6.30. The first-order valence-corrected chi connectivity index (χ1v) is 8.94. The fourth-order valence-electron chi connectivity index (χ4n) is 3.40. The van der Waals surface area contributed by atoms with Crippen molar-refractivity contribution in [1.29, 1.82) is 0 Å². The number of hydrogen-bond acceptors (Lipinski definition) is 4. The average molecular weight is 378 g/mol. The molecule has 1 unspecified atom stereocenters. The molecule has 6 heteroatoms. The Morgan fingerprint density at radius 3 is 2.15 bits per heavy atom. The van der Waals surface area contributed by atoms with E-state index in [2.05, 4.69) is 10.2 Å². The zero-order valence-electron chi connectivity index (χ0n) is 14.6. The summed E-state index contributed by atoms with van der Waals surface area (Å²) in [5.41, 5.74) is 3.10. The summed E-state index contributed by atoms with van der Waals surface area (Å²) >= 11 is 6.32. The zero-order chi connectivity index (χ0) is 19.0. The lowest BCUT2D eigenvalue weighted by Crippen LogP contribution is -2.35. The summed E-state index contributed by atoms with van der Waals surface area (Å²) < 4.78 is 0. The maximum Gasteiger partial charge on any atom is 0.262 e. The second kappa shape index (κ2) is 6.93. The molecule has 4 rings (SSSR count). The van der Waals surface area contributed by atoms with Gasteiger partial charge in [-0.15, -0.1) is 5.10 Å². The quantitative estimate of drug-likeness (QED) is 0.644. The highest BCUT2D eigenvalue weighted by atomic mass is 35.5. The smallest absolute Gasteiger partial charge is 0.262 e. The van der Waals surface area contributed by atoms with Crippen molar-refractivity contribution in [3.05, 3.63) is 93.8 Å². The molecule has 0 spiro atoms. The van der Waals surface area contributed by atoms with Gasteiger partial charge in [-0.05, 0) is 37.1 Å². The van der Waals surface area contributed by atoms with Crippen molar-refractivity contribution >= 4 is 23.4 Å². The molecule has 2 aromatic carbocycles. The number of hydrogen-bond donors (Lipinski definition) is 0. The van der Waals surface area contributed by atoms with E-state index in [-0.39, 0.29) is 17.0 Å². The molecule has 2 amide bonds. The van der Waals surface area contributed by atoms with Crippen LogP contribution < -0.4 is 0 Å². The van der Waals surface area contributed by atoms with Gasteiger partial charge in [0.05, 0.1) is 22.9 Å². The molecule has 0 radical (unpaired) electrons. The summed E-state index contributed by atoms with van der Waals surface area (Å²) in [6.07, 6.45) is 0.442. The zero-order valence-corrected chi connectivity index (χ0v) is 15.3. The van der Waals surface area contributed by atoms with Crippen molar-refractivity contribution in [2.75, 3.05) is 0 Å². The predicted octanol–water partition coefficient (Wildman–Crippen LogP) is 4.02. The molecule has 3 aromatic rings. The van der Waals surface area contributed by atoms with Gasteiger partial charge in [-0.2, -0.15) is 5.10 Å². The third kappa shape index (κ3) is 3.11. The van der Waals surface area contributed by atoms with Crippen LogP contribution in [0.25, 0.3) is 0 Å². The topological polar surface area (TPSA) is 63.2 Å². The summed E-state index contributed by atoms with van der Waals surface area (Å²) in [6, 6.07) is 17.8. The van der Waals surface area contributed by atoms with E-state index in [0.29, 0.717) is 28.8 Å². The van der Waals surface area contributed by atoms with Crippen molar-refractivity contribution in [3.8, 4) is 0 Å². The van der Waals surface area contributed by atoms with Crippen LogP contribution in [0, 0.1) is 6.92 Å². The second-order valence-electron chi connectivity index (χ2n) is 6.46. The van der Waals surface area contributed by atoms with Crippen LogP contribution in [0.5, 0.6) is 0 Å². The largest absolute Gasteiger partial charge is 0.269 e. The number of aromatic nitrogens is 2. The van der Waals surface area contributed by atoms with Gasteiger partial charge in [0.1, 0.15) is 0 Å². The number of fused-ring (bicyclic) bond motifs is 1. The Morgan fingerprint density at radius 2 is 1.52 bits per heavy atom. The van der Waals surface area contributed by atoms with Gasteiger partial charge in [-0.25, -0.2) is 0 Å². The number of carbonyl (C=O) groups excluding carboxylic acids is 2. The highest BCUT2D eigenvalue weighted by Gasteiger charge is 2.41. The number of carbonyl (C=O) groups is 2. The molecule has 0 saturated heterocycles. The summed E-state index contributed by atoms with van der Waals surface area (Å²) in [5, 5.41) is 8.13. The minimum absolute atomic E-state index is 0.193. The fraction of sp³-hybridized carbons (Fsp3) is 0.143. The second-order valence-corrected chi connectivity index (χ2v) is 6.82. The molecule has 1 aromatic heterocycles. The summed E-state index contributed by atoms with van der Waals surface area (Å²) in [6.45, 7) is 1.80. The first-order valence-electron chi connectivity index (χ1n) is 8.57. The SMILES string of the molecule is Cc1cc(C(Cc2ccccc2)N2C(=O)c3ccccc3C2=O)c(Cl)nn1. The minimum Gasteiger partial charge on any atom is -0.269 e. The van der Waals surface area contributed by atoms with E-state index < -0.39 is 6.04 Å². The van der Waals surface area contributed by atoms with Gasteiger partial charge in [0, 0.05) is 5.56 Å². The lowest BCUT2D eigenvalue weighted by atomic mass is 9.98. The van der Waals surface area contributed by atoms with Gasteiger partial charge in [0.15, 0.2) is 5.15 Å². The number of aryl methyl sites for hydroxylation is 1. The van der Waals surface area contributed by atoms with Gasteiger partial charge < -0.3 is 0 Å². The maximum atomic E-state index is 13.0. The Balaban J connectivity index is 1.83. The van der Waals surface area contributed by atoms with Gasteiger partial charge in [0.2, 0.25) is 0 Å². The molecule has 0 bridgehead atoms. The van der Waals surface area contributed by atoms with Crippen molar-refractivity contribution < 1.29 is 9.59 Å². The van der Waals surface area contributed by atoms with Crippen LogP contribution in [0.15, 0.2) is 60.7 Å². The van der Waals surface area contributed by atoms with Gasteiger partial charge >= 0.3 is 0 Å². The molecule has 2 heterocycles. The molecular formula is C21H16ClN3O2. The normalized spacial score (nSPS) is 14.4. The van der Waals surface area contributed by atoms with E-state index in [1.54, 1.807) is 37.3 Å². The molecule has 0 N–H and O–H groups in total. The van der Waals surface area contributed by atoms with Crippen LogP contribution in [0.3, 0.4) is 0 Å². The Kier molecular flexibility index (Phi) is 4.46. The number of benzene rings is 2. The summed E-state index contributed by atoms with van der Waals surface area (Å²) in [5.74, 6) is -0.635. The maximum absolute atomic E-state index is 13.0. The molecule has 0 fully saturated rings. The number of imide groups is 1. The Bertz CT molecular complexity index is 1000. The van der Waals surface area contributed by atoms with Crippen LogP contribution in [-0.2, 0) is 6.42 Å². The molecule has 5 nitrogen and oxygen atoms in total. The van der Waals surface area contributed by atoms with Crippen molar-refractivity contribution in [2.45, 2.75) is 19.4 Å². The van der Waals surface area contributed by atoms with Crippen LogP contribution in [0.4, 0.5) is 0 Å². The van der Waals surface area contributed by atoms with Gasteiger partial charge in [0.25, 0.3) is 11.8 Å². The van der Waals surface area contributed by atoms with E-state index in [9.17, 15) is 9.59 Å². The lowest BCUT2D eigenvalue weighted by Gasteiger charge is -2.27.